The van der Waals surface area contributed by atoms with Crippen LogP contribution in [-0.2, 0) is 38.0 Å². The van der Waals surface area contributed by atoms with Crippen molar-refractivity contribution in [3.05, 3.63) is 116 Å². The zero-order valence-electron chi connectivity index (χ0n) is 32.6. The SMILES string of the molecule is CC1C=Cc2c3c(n(-c4cc(-c5cc(-n6c7c(c8c6CCC=C8)CC(C(C)(C)C)C=C7)cc(C(F)(F)F)c5)cc(C(F)(F)F)c4)c2C1)CCC(C(C)(C)C)=C3. The third kappa shape index (κ3) is 6.67. The molecule has 55 heavy (non-hydrogen) atoms. The van der Waals surface area contributed by atoms with Crippen LogP contribution in [0.25, 0.3) is 46.8 Å². The molecule has 0 saturated heterocycles. The first kappa shape index (κ1) is 37.5. The lowest BCUT2D eigenvalue weighted by molar-refractivity contribution is -0.138. The molecule has 0 bridgehead atoms. The average Bonchev–Trinajstić information content (AvgIpc) is 3.61. The van der Waals surface area contributed by atoms with Gasteiger partial charge in [-0.15, -0.1) is 0 Å². The van der Waals surface area contributed by atoms with Gasteiger partial charge in [0, 0.05) is 45.3 Å². The lowest BCUT2D eigenvalue weighted by atomic mass is 9.74. The monoisotopic (exact) mass is 754 g/mol. The van der Waals surface area contributed by atoms with E-state index in [1.54, 1.807) is 12.1 Å². The van der Waals surface area contributed by atoms with E-state index in [0.29, 0.717) is 30.6 Å². The van der Waals surface area contributed by atoms with Crippen LogP contribution in [0.15, 0.2) is 60.2 Å². The smallest absolute Gasteiger partial charge is 0.317 e. The summed E-state index contributed by atoms with van der Waals surface area (Å²) in [5.74, 6) is 0.418. The second kappa shape index (κ2) is 12.8. The van der Waals surface area contributed by atoms with Crippen molar-refractivity contribution in [3.8, 4) is 22.5 Å². The van der Waals surface area contributed by atoms with Gasteiger partial charge in [0.15, 0.2) is 0 Å². The van der Waals surface area contributed by atoms with Crippen molar-refractivity contribution in [3.63, 3.8) is 0 Å². The maximum Gasteiger partial charge on any atom is 0.416 e. The fraction of sp³-hybridized carbons (Fsp3) is 0.404. The third-order valence-electron chi connectivity index (χ3n) is 12.1. The average molecular weight is 755 g/mol. The molecule has 4 aliphatic carbocycles. The van der Waals surface area contributed by atoms with Crippen LogP contribution in [0.5, 0.6) is 0 Å². The summed E-state index contributed by atoms with van der Waals surface area (Å²) in [7, 11) is 0. The highest BCUT2D eigenvalue weighted by molar-refractivity contribution is 5.78. The summed E-state index contributed by atoms with van der Waals surface area (Å²) in [6.07, 6.45) is 9.53. The first-order valence-corrected chi connectivity index (χ1v) is 19.4. The van der Waals surface area contributed by atoms with Crippen LogP contribution in [0.1, 0.15) is 117 Å². The van der Waals surface area contributed by atoms with Gasteiger partial charge in [-0.25, -0.2) is 0 Å². The van der Waals surface area contributed by atoms with Crippen LogP contribution < -0.4 is 0 Å². The van der Waals surface area contributed by atoms with Gasteiger partial charge < -0.3 is 9.13 Å². The highest BCUT2D eigenvalue weighted by Gasteiger charge is 2.37. The molecule has 0 fully saturated rings. The Morgan fingerprint density at radius 2 is 1.22 bits per heavy atom. The minimum atomic E-state index is -4.73. The summed E-state index contributed by atoms with van der Waals surface area (Å²) in [4.78, 5) is 0. The van der Waals surface area contributed by atoms with Crippen molar-refractivity contribution in [2.75, 3.05) is 0 Å². The number of fused-ring (bicyclic) bond motifs is 6. The quantitative estimate of drug-likeness (QED) is 0.184. The van der Waals surface area contributed by atoms with E-state index in [0.717, 1.165) is 88.6 Å². The van der Waals surface area contributed by atoms with Crippen LogP contribution in [0.3, 0.4) is 0 Å². The van der Waals surface area contributed by atoms with E-state index in [2.05, 4.69) is 84.9 Å². The van der Waals surface area contributed by atoms with Crippen molar-refractivity contribution in [2.45, 2.75) is 99.3 Å². The maximum atomic E-state index is 14.9. The lowest BCUT2D eigenvalue weighted by Crippen LogP contribution is -2.23. The number of hydrogen-bond donors (Lipinski definition) is 0. The molecule has 0 radical (unpaired) electrons. The zero-order chi connectivity index (χ0) is 39.4. The Morgan fingerprint density at radius 1 is 0.600 bits per heavy atom. The zero-order valence-corrected chi connectivity index (χ0v) is 32.6. The van der Waals surface area contributed by atoms with E-state index in [9.17, 15) is 26.3 Å². The molecule has 0 saturated carbocycles. The molecule has 0 aliphatic heterocycles. The highest BCUT2D eigenvalue weighted by atomic mass is 19.4. The number of benzene rings is 2. The van der Waals surface area contributed by atoms with Gasteiger partial charge in [-0.05, 0) is 126 Å². The van der Waals surface area contributed by atoms with Gasteiger partial charge in [-0.1, -0.05) is 90.5 Å². The summed E-state index contributed by atoms with van der Waals surface area (Å²) in [6.45, 7) is 15.1. The number of rotatable bonds is 3. The van der Waals surface area contributed by atoms with Crippen LogP contribution in [0, 0.1) is 22.7 Å². The predicted molar refractivity (Wildman–Crippen MR) is 211 cm³/mol. The molecule has 2 atom stereocenters. The van der Waals surface area contributed by atoms with Gasteiger partial charge in [0.2, 0.25) is 0 Å². The molecule has 2 aromatic heterocycles. The van der Waals surface area contributed by atoms with E-state index in [1.807, 2.05) is 15.2 Å². The van der Waals surface area contributed by atoms with Crippen molar-refractivity contribution >= 4 is 24.3 Å². The molecular formula is C47H48F6N2. The maximum absolute atomic E-state index is 14.9. The van der Waals surface area contributed by atoms with Crippen LogP contribution >= 0.6 is 0 Å². The Morgan fingerprint density at radius 3 is 1.82 bits per heavy atom. The third-order valence-corrected chi connectivity index (χ3v) is 12.1. The van der Waals surface area contributed by atoms with Gasteiger partial charge >= 0.3 is 12.4 Å². The molecular weight excluding hydrogens is 707 g/mol. The molecule has 0 N–H and O–H groups in total. The fourth-order valence-corrected chi connectivity index (χ4v) is 9.04. The van der Waals surface area contributed by atoms with Gasteiger partial charge in [-0.3, -0.25) is 0 Å². The van der Waals surface area contributed by atoms with E-state index in [-0.39, 0.29) is 33.8 Å². The summed E-state index contributed by atoms with van der Waals surface area (Å²) in [5, 5.41) is 0. The number of hydrogen-bond acceptors (Lipinski definition) is 0. The molecule has 2 heterocycles. The largest absolute Gasteiger partial charge is 0.416 e. The highest BCUT2D eigenvalue weighted by Crippen LogP contribution is 2.46. The number of alkyl halides is 6. The van der Waals surface area contributed by atoms with Gasteiger partial charge in [-0.2, -0.15) is 26.3 Å². The molecule has 8 heteroatoms. The Bertz CT molecular complexity index is 2340. The molecule has 2 nitrogen and oxygen atoms in total. The molecule has 2 unspecified atom stereocenters. The van der Waals surface area contributed by atoms with Gasteiger partial charge in [0.25, 0.3) is 0 Å². The molecule has 2 aromatic carbocycles. The summed E-state index contributed by atoms with van der Waals surface area (Å²) >= 11 is 0. The fourth-order valence-electron chi connectivity index (χ4n) is 9.04. The predicted octanol–water partition coefficient (Wildman–Crippen LogP) is 13.7. The Labute approximate surface area is 320 Å². The van der Waals surface area contributed by atoms with Crippen molar-refractivity contribution in [1.29, 1.82) is 0 Å². The van der Waals surface area contributed by atoms with E-state index in [1.165, 1.54) is 5.57 Å². The van der Waals surface area contributed by atoms with E-state index >= 15 is 0 Å². The molecule has 8 rings (SSSR count). The van der Waals surface area contributed by atoms with Crippen molar-refractivity contribution < 1.29 is 26.3 Å². The second-order valence-electron chi connectivity index (χ2n) is 18.1. The second-order valence-corrected chi connectivity index (χ2v) is 18.1. The topological polar surface area (TPSA) is 9.86 Å². The molecule has 4 aromatic rings. The number of aromatic nitrogens is 2. The molecule has 288 valence electrons. The molecule has 0 amide bonds. The van der Waals surface area contributed by atoms with Gasteiger partial charge in [0.1, 0.15) is 0 Å². The van der Waals surface area contributed by atoms with Crippen LogP contribution in [0.4, 0.5) is 26.3 Å². The first-order valence-electron chi connectivity index (χ1n) is 19.4. The van der Waals surface area contributed by atoms with Crippen molar-refractivity contribution in [2.24, 2.45) is 22.7 Å². The first-order chi connectivity index (χ1) is 25.7. The Hall–Kier alpha value is -4.46. The van der Waals surface area contributed by atoms with Crippen molar-refractivity contribution in [1.82, 2.24) is 9.13 Å². The minimum Gasteiger partial charge on any atom is -0.317 e. The summed E-state index contributed by atoms with van der Waals surface area (Å²) < 4.78 is 93.0. The minimum absolute atomic E-state index is 0.0101. The Balaban J connectivity index is 1.36. The molecule has 0 spiro atoms. The van der Waals surface area contributed by atoms with Gasteiger partial charge in [0.05, 0.1) is 11.1 Å². The standard InChI is InChI=1S/C47H48F6N2/c1-27-12-15-37-39-26-31(45(5,6)7)14-17-42(39)55(43(37)18-27)35-22-29(20-33(24-35)47(51,52)53)28-19-32(46(48,49)50)23-34(21-28)54-40-11-9-8-10-36(40)38-25-30(44(2,3)4)13-16-41(38)54/h8,10,12-13,15-16,19-24,26-27,30H,9,11,14,17-18,25H2,1-7H3. The van der Waals surface area contributed by atoms with E-state index in [4.69, 9.17) is 0 Å². The summed E-state index contributed by atoms with van der Waals surface area (Å²) in [6, 6.07) is 7.60. The van der Waals surface area contributed by atoms with E-state index < -0.39 is 23.5 Å². The molecule has 4 aliphatic rings. The van der Waals surface area contributed by atoms with Crippen LogP contribution in [0.2, 0.25) is 0 Å². The Kier molecular flexibility index (Phi) is 8.71. The lowest BCUT2D eigenvalue weighted by Gasteiger charge is -2.31. The number of allylic oxidation sites excluding steroid dienone is 4. The summed E-state index contributed by atoms with van der Waals surface area (Å²) in [5.41, 5.74) is 7.99. The number of halogens is 6. The number of nitrogens with zero attached hydrogens (tertiary/aromatic N) is 2. The van der Waals surface area contributed by atoms with Crippen LogP contribution in [-0.4, -0.2) is 9.13 Å². The normalized spacial score (nSPS) is 19.5.